The van der Waals surface area contributed by atoms with Crippen molar-refractivity contribution in [3.05, 3.63) is 46.2 Å². The van der Waals surface area contributed by atoms with Crippen molar-refractivity contribution < 1.29 is 0 Å². The molecule has 0 radical (unpaired) electrons. The van der Waals surface area contributed by atoms with E-state index in [-0.39, 0.29) is 6.04 Å². The third-order valence-corrected chi connectivity index (χ3v) is 3.30. The summed E-state index contributed by atoms with van der Waals surface area (Å²) in [4.78, 5) is 9.55. The van der Waals surface area contributed by atoms with Crippen molar-refractivity contribution in [2.75, 3.05) is 0 Å². The first-order chi connectivity index (χ1) is 7.25. The summed E-state index contributed by atoms with van der Waals surface area (Å²) in [6.07, 6.45) is 6.35. The Morgan fingerprint density at radius 3 is 2.93 bits per heavy atom. The second-order valence-electron chi connectivity index (χ2n) is 3.48. The molecular formula is C11H13N3S. The lowest BCUT2D eigenvalue weighted by molar-refractivity contribution is 0.835. The maximum atomic E-state index is 5.78. The van der Waals surface area contributed by atoms with Gasteiger partial charge in [-0.3, -0.25) is 4.98 Å². The molecule has 1 atom stereocenters. The van der Waals surface area contributed by atoms with Gasteiger partial charge in [0.1, 0.15) is 0 Å². The molecule has 2 heterocycles. The fourth-order valence-electron chi connectivity index (χ4n) is 1.29. The van der Waals surface area contributed by atoms with E-state index in [9.17, 15) is 0 Å². The molecular weight excluding hydrogens is 206 g/mol. The molecule has 0 saturated carbocycles. The lowest BCUT2D eigenvalue weighted by atomic mass is 10.2. The second-order valence-corrected chi connectivity index (χ2v) is 4.63. The van der Waals surface area contributed by atoms with Crippen LogP contribution in [0.4, 0.5) is 0 Å². The SMILES string of the molecule is CC(N)c1cnc(Cc2cccnc2)s1. The summed E-state index contributed by atoms with van der Waals surface area (Å²) in [6.45, 7) is 1.97. The minimum Gasteiger partial charge on any atom is -0.323 e. The molecule has 4 heteroatoms. The van der Waals surface area contributed by atoms with Gasteiger partial charge in [-0.25, -0.2) is 4.98 Å². The maximum Gasteiger partial charge on any atom is 0.0972 e. The molecule has 0 bridgehead atoms. The van der Waals surface area contributed by atoms with Crippen LogP contribution in [0, 0.1) is 0 Å². The fraction of sp³-hybridized carbons (Fsp3) is 0.273. The number of nitrogens with two attached hydrogens (primary N) is 1. The van der Waals surface area contributed by atoms with E-state index >= 15 is 0 Å². The molecule has 0 fully saturated rings. The van der Waals surface area contributed by atoms with Gasteiger partial charge in [0.2, 0.25) is 0 Å². The van der Waals surface area contributed by atoms with Crippen molar-refractivity contribution >= 4 is 11.3 Å². The quantitative estimate of drug-likeness (QED) is 0.860. The highest BCUT2D eigenvalue weighted by molar-refractivity contribution is 7.11. The van der Waals surface area contributed by atoms with E-state index in [0.29, 0.717) is 0 Å². The molecule has 0 aliphatic rings. The minimum absolute atomic E-state index is 0.0742. The topological polar surface area (TPSA) is 51.8 Å². The smallest absolute Gasteiger partial charge is 0.0972 e. The summed E-state index contributed by atoms with van der Waals surface area (Å²) in [7, 11) is 0. The van der Waals surface area contributed by atoms with E-state index in [4.69, 9.17) is 5.73 Å². The zero-order chi connectivity index (χ0) is 10.7. The van der Waals surface area contributed by atoms with Gasteiger partial charge in [-0.2, -0.15) is 0 Å². The number of thiazole rings is 1. The highest BCUT2D eigenvalue weighted by Gasteiger charge is 2.06. The van der Waals surface area contributed by atoms with Crippen molar-refractivity contribution in [3.8, 4) is 0 Å². The number of hydrogen-bond donors (Lipinski definition) is 1. The molecule has 3 nitrogen and oxygen atoms in total. The summed E-state index contributed by atoms with van der Waals surface area (Å²) < 4.78 is 0. The van der Waals surface area contributed by atoms with E-state index in [2.05, 4.69) is 16.0 Å². The molecule has 2 rings (SSSR count). The summed E-state index contributed by atoms with van der Waals surface area (Å²) >= 11 is 1.67. The molecule has 0 aliphatic heterocycles. The van der Waals surface area contributed by atoms with Crippen molar-refractivity contribution in [1.29, 1.82) is 0 Å². The molecule has 2 N–H and O–H groups in total. The lowest BCUT2D eigenvalue weighted by Crippen LogP contribution is -2.01. The van der Waals surface area contributed by atoms with Crippen LogP contribution in [0.1, 0.15) is 28.4 Å². The highest BCUT2D eigenvalue weighted by atomic mass is 32.1. The lowest BCUT2D eigenvalue weighted by Gasteiger charge is -1.97. The van der Waals surface area contributed by atoms with Gasteiger partial charge in [0.15, 0.2) is 0 Å². The van der Waals surface area contributed by atoms with Crippen LogP contribution in [-0.4, -0.2) is 9.97 Å². The van der Waals surface area contributed by atoms with Crippen molar-refractivity contribution in [3.63, 3.8) is 0 Å². The Morgan fingerprint density at radius 2 is 2.33 bits per heavy atom. The average Bonchev–Trinajstić information content (AvgIpc) is 2.68. The van der Waals surface area contributed by atoms with E-state index in [1.54, 1.807) is 17.5 Å². The summed E-state index contributed by atoms with van der Waals surface area (Å²) in [5.41, 5.74) is 6.96. The fourth-order valence-corrected chi connectivity index (χ4v) is 2.20. The van der Waals surface area contributed by atoms with Gasteiger partial charge >= 0.3 is 0 Å². The third kappa shape index (κ3) is 2.61. The standard InChI is InChI=1S/C11H13N3S/c1-8(12)10-7-14-11(15-10)5-9-3-2-4-13-6-9/h2-4,6-8H,5,12H2,1H3. The Bertz CT molecular complexity index is 422. The molecule has 0 aromatic carbocycles. The summed E-state index contributed by atoms with van der Waals surface area (Å²) in [5, 5.41) is 1.09. The average molecular weight is 219 g/mol. The zero-order valence-corrected chi connectivity index (χ0v) is 9.37. The molecule has 2 aromatic rings. The van der Waals surface area contributed by atoms with Crippen LogP contribution in [-0.2, 0) is 6.42 Å². The Labute approximate surface area is 93.0 Å². The van der Waals surface area contributed by atoms with Crippen LogP contribution in [0.15, 0.2) is 30.7 Å². The van der Waals surface area contributed by atoms with E-state index < -0.39 is 0 Å². The van der Waals surface area contributed by atoms with E-state index in [0.717, 1.165) is 16.3 Å². The molecule has 15 heavy (non-hydrogen) atoms. The van der Waals surface area contributed by atoms with Gasteiger partial charge in [-0.05, 0) is 18.6 Å². The van der Waals surface area contributed by atoms with Gasteiger partial charge in [0, 0.05) is 35.9 Å². The molecule has 0 spiro atoms. The monoisotopic (exact) mass is 219 g/mol. The van der Waals surface area contributed by atoms with Crippen LogP contribution in [0.5, 0.6) is 0 Å². The van der Waals surface area contributed by atoms with Crippen LogP contribution in [0.3, 0.4) is 0 Å². The van der Waals surface area contributed by atoms with Crippen LogP contribution in [0.25, 0.3) is 0 Å². The van der Waals surface area contributed by atoms with Crippen LogP contribution < -0.4 is 5.73 Å². The molecule has 0 aliphatic carbocycles. The minimum atomic E-state index is 0.0742. The first-order valence-corrected chi connectivity index (χ1v) is 5.66. The largest absolute Gasteiger partial charge is 0.323 e. The third-order valence-electron chi connectivity index (χ3n) is 2.10. The first kappa shape index (κ1) is 10.3. The van der Waals surface area contributed by atoms with Gasteiger partial charge in [-0.1, -0.05) is 6.07 Å². The Balaban J connectivity index is 2.12. The maximum absolute atomic E-state index is 5.78. The van der Waals surface area contributed by atoms with Crippen LogP contribution in [0.2, 0.25) is 0 Å². The molecule has 0 amide bonds. The number of rotatable bonds is 3. The van der Waals surface area contributed by atoms with E-state index in [1.165, 1.54) is 5.56 Å². The van der Waals surface area contributed by atoms with Crippen molar-refractivity contribution in [2.24, 2.45) is 5.73 Å². The number of hydrogen-bond acceptors (Lipinski definition) is 4. The number of pyridine rings is 1. The zero-order valence-electron chi connectivity index (χ0n) is 8.55. The van der Waals surface area contributed by atoms with Crippen LogP contribution >= 0.6 is 11.3 Å². The van der Waals surface area contributed by atoms with Gasteiger partial charge in [-0.15, -0.1) is 11.3 Å². The molecule has 2 aromatic heterocycles. The number of aromatic nitrogens is 2. The van der Waals surface area contributed by atoms with Gasteiger partial charge in [0.05, 0.1) is 5.01 Å². The predicted octanol–water partition coefficient (Wildman–Crippen LogP) is 2.15. The molecule has 1 unspecified atom stereocenters. The summed E-state index contributed by atoms with van der Waals surface area (Å²) in [5.74, 6) is 0. The second kappa shape index (κ2) is 4.51. The Morgan fingerprint density at radius 1 is 1.47 bits per heavy atom. The Kier molecular flexibility index (Phi) is 3.08. The van der Waals surface area contributed by atoms with Gasteiger partial charge < -0.3 is 5.73 Å². The van der Waals surface area contributed by atoms with Gasteiger partial charge in [0.25, 0.3) is 0 Å². The van der Waals surface area contributed by atoms with Crippen molar-refractivity contribution in [1.82, 2.24) is 9.97 Å². The highest BCUT2D eigenvalue weighted by Crippen LogP contribution is 2.20. The van der Waals surface area contributed by atoms with E-state index in [1.807, 2.05) is 25.4 Å². The number of nitrogens with zero attached hydrogens (tertiary/aromatic N) is 2. The summed E-state index contributed by atoms with van der Waals surface area (Å²) in [6, 6.07) is 4.07. The predicted molar refractivity (Wildman–Crippen MR) is 61.8 cm³/mol. The normalized spacial score (nSPS) is 12.7. The first-order valence-electron chi connectivity index (χ1n) is 4.85. The molecule has 0 saturated heterocycles. The molecule has 78 valence electrons. The van der Waals surface area contributed by atoms with Crippen molar-refractivity contribution in [2.45, 2.75) is 19.4 Å². The Hall–Kier alpha value is -1.26.